The Labute approximate surface area is 197 Å². The minimum absolute atomic E-state index is 0. The first-order valence-electron chi connectivity index (χ1n) is 8.56. The van der Waals surface area contributed by atoms with Crippen LogP contribution in [0.5, 0.6) is 0 Å². The van der Waals surface area contributed by atoms with Crippen LogP contribution in [-0.4, -0.2) is 0 Å². The fraction of sp³-hybridized carbons (Fsp3) is 0.0400. The number of benzene rings is 4. The largest absolute Gasteiger partial charge is 1.00 e. The van der Waals surface area contributed by atoms with Crippen molar-refractivity contribution < 1.29 is 51.4 Å². The Hall–Kier alpha value is -1.48. The topological polar surface area (TPSA) is 0 Å². The van der Waals surface area contributed by atoms with Crippen LogP contribution >= 0.6 is 0 Å². The molecule has 0 atom stereocenters. The molecule has 0 saturated heterocycles. The molecule has 0 bridgehead atoms. The normalized spacial score (nSPS) is 13.4. The second-order valence-corrected chi connectivity index (χ2v) is 6.39. The van der Waals surface area contributed by atoms with Crippen molar-refractivity contribution in [3.8, 4) is 11.1 Å². The molecular weight excluding hydrogens is 339 g/mol. The van der Waals surface area contributed by atoms with Gasteiger partial charge in [0, 0.05) is 5.41 Å². The molecule has 5 rings (SSSR count). The summed E-state index contributed by atoms with van der Waals surface area (Å²) in [6.07, 6.45) is 0. The quantitative estimate of drug-likeness (QED) is 0.337. The van der Waals surface area contributed by atoms with E-state index in [2.05, 4.69) is 84.9 Å². The van der Waals surface area contributed by atoms with Crippen LogP contribution in [0.4, 0.5) is 0 Å². The maximum Gasteiger partial charge on any atom is 1.00 e. The molecule has 4 aromatic carbocycles. The molecular formula is C25H16K-. The molecule has 0 fully saturated rings. The fourth-order valence-electron chi connectivity index (χ4n) is 4.21. The maximum absolute atomic E-state index is 3.51. The minimum Gasteiger partial charge on any atom is -0.179 e. The van der Waals surface area contributed by atoms with E-state index in [0.29, 0.717) is 0 Å². The zero-order valence-electron chi connectivity index (χ0n) is 14.7. The molecule has 4 aromatic rings. The zero-order chi connectivity index (χ0) is 16.7. The first-order valence-corrected chi connectivity index (χ1v) is 8.56. The average molecular weight is 356 g/mol. The van der Waals surface area contributed by atoms with Gasteiger partial charge in [-0.25, -0.2) is 0 Å². The van der Waals surface area contributed by atoms with Crippen molar-refractivity contribution in [1.82, 2.24) is 0 Å². The fourth-order valence-corrected chi connectivity index (χ4v) is 4.21. The summed E-state index contributed by atoms with van der Waals surface area (Å²) in [5.74, 6) is 0. The van der Waals surface area contributed by atoms with Crippen LogP contribution in [0.1, 0.15) is 22.3 Å². The first-order chi connectivity index (χ1) is 12.4. The van der Waals surface area contributed by atoms with Crippen LogP contribution in [0.2, 0.25) is 0 Å². The monoisotopic (exact) mass is 355 g/mol. The molecule has 118 valence electrons. The van der Waals surface area contributed by atoms with E-state index in [1.807, 2.05) is 24.3 Å². The third kappa shape index (κ3) is 2.50. The summed E-state index contributed by atoms with van der Waals surface area (Å²) in [5, 5.41) is 0. The molecule has 0 radical (unpaired) electrons. The molecule has 0 N–H and O–H groups in total. The van der Waals surface area contributed by atoms with Crippen molar-refractivity contribution in [2.75, 3.05) is 0 Å². The molecule has 0 heterocycles. The number of hydrogen-bond donors (Lipinski definition) is 0. The van der Waals surface area contributed by atoms with Crippen LogP contribution < -0.4 is 51.4 Å². The third-order valence-electron chi connectivity index (χ3n) is 5.18. The summed E-state index contributed by atoms with van der Waals surface area (Å²) in [5.41, 5.74) is 7.17. The van der Waals surface area contributed by atoms with E-state index in [1.165, 1.54) is 22.3 Å². The van der Waals surface area contributed by atoms with E-state index in [9.17, 15) is 0 Å². The first kappa shape index (κ1) is 17.9. The van der Waals surface area contributed by atoms with E-state index in [0.717, 1.165) is 11.1 Å². The maximum atomic E-state index is 3.51. The Morgan fingerprint density at radius 1 is 0.500 bits per heavy atom. The van der Waals surface area contributed by atoms with E-state index in [-0.39, 0.29) is 56.8 Å². The van der Waals surface area contributed by atoms with Gasteiger partial charge in [0.2, 0.25) is 0 Å². The van der Waals surface area contributed by atoms with Crippen LogP contribution in [0, 0.1) is 12.1 Å². The molecule has 0 saturated carbocycles. The summed E-state index contributed by atoms with van der Waals surface area (Å²) in [7, 11) is 0. The predicted octanol–water partition coefficient (Wildman–Crippen LogP) is 2.65. The van der Waals surface area contributed by atoms with Gasteiger partial charge in [-0.1, -0.05) is 48.5 Å². The summed E-state index contributed by atoms with van der Waals surface area (Å²) < 4.78 is 0. The predicted molar refractivity (Wildman–Crippen MR) is 101 cm³/mol. The van der Waals surface area contributed by atoms with Gasteiger partial charge in [0.05, 0.1) is 0 Å². The second-order valence-electron chi connectivity index (χ2n) is 6.39. The van der Waals surface area contributed by atoms with Crippen molar-refractivity contribution in [1.29, 1.82) is 0 Å². The van der Waals surface area contributed by atoms with Crippen molar-refractivity contribution in [3.05, 3.63) is 131 Å². The Bertz CT molecular complexity index is 949. The molecule has 0 aromatic heterocycles. The van der Waals surface area contributed by atoms with Gasteiger partial charge < -0.3 is 0 Å². The molecule has 26 heavy (non-hydrogen) atoms. The number of hydrogen-bond acceptors (Lipinski definition) is 0. The van der Waals surface area contributed by atoms with Crippen molar-refractivity contribution in [2.45, 2.75) is 5.41 Å². The van der Waals surface area contributed by atoms with Crippen LogP contribution in [0.3, 0.4) is 0 Å². The molecule has 0 nitrogen and oxygen atoms in total. The van der Waals surface area contributed by atoms with Crippen LogP contribution in [0.15, 0.2) is 97.1 Å². The molecule has 1 aliphatic rings. The second kappa shape index (κ2) is 7.26. The Kier molecular flexibility index (Phi) is 5.00. The van der Waals surface area contributed by atoms with Gasteiger partial charge in [-0.15, -0.1) is 11.1 Å². The summed E-state index contributed by atoms with van der Waals surface area (Å²) >= 11 is 0. The van der Waals surface area contributed by atoms with E-state index in [4.69, 9.17) is 0 Å². The van der Waals surface area contributed by atoms with Gasteiger partial charge in [-0.3, -0.25) is 0 Å². The van der Waals surface area contributed by atoms with Crippen molar-refractivity contribution in [3.63, 3.8) is 0 Å². The molecule has 1 aliphatic carbocycles. The van der Waals surface area contributed by atoms with Gasteiger partial charge in [0.1, 0.15) is 0 Å². The van der Waals surface area contributed by atoms with Gasteiger partial charge in [0.25, 0.3) is 0 Å². The molecule has 0 amide bonds. The van der Waals surface area contributed by atoms with Crippen LogP contribution in [0.25, 0.3) is 11.1 Å². The average Bonchev–Trinajstić information content (AvgIpc) is 3.01. The number of rotatable bonds is 2. The van der Waals surface area contributed by atoms with Gasteiger partial charge in [-0.05, 0) is 22.3 Å². The number of fused-ring (bicyclic) bond motifs is 3. The summed E-state index contributed by atoms with van der Waals surface area (Å²) in [6.45, 7) is 0. The van der Waals surface area contributed by atoms with Crippen molar-refractivity contribution >= 4 is 0 Å². The molecule has 0 unspecified atom stereocenters. The zero-order valence-corrected chi connectivity index (χ0v) is 17.9. The Balaban J connectivity index is 0.00000168. The van der Waals surface area contributed by atoms with Gasteiger partial charge in [-0.2, -0.15) is 60.7 Å². The van der Waals surface area contributed by atoms with Gasteiger partial charge >= 0.3 is 51.4 Å². The smallest absolute Gasteiger partial charge is 0.179 e. The SMILES string of the molecule is [K+].[c-]1ccccc1C1(c2[c-]cccc2)c2ccccc2-c2ccccc21. The Morgan fingerprint density at radius 3 is 1.35 bits per heavy atom. The van der Waals surface area contributed by atoms with Gasteiger partial charge in [0.15, 0.2) is 0 Å². The summed E-state index contributed by atoms with van der Waals surface area (Å²) in [6, 6.07) is 41.1. The van der Waals surface area contributed by atoms with E-state index in [1.54, 1.807) is 0 Å². The minimum atomic E-state index is -0.365. The van der Waals surface area contributed by atoms with Crippen LogP contribution in [-0.2, 0) is 5.41 Å². The van der Waals surface area contributed by atoms with E-state index < -0.39 is 0 Å². The van der Waals surface area contributed by atoms with Crippen molar-refractivity contribution in [2.24, 2.45) is 0 Å². The third-order valence-corrected chi connectivity index (χ3v) is 5.18. The van der Waals surface area contributed by atoms with E-state index >= 15 is 0 Å². The molecule has 1 heteroatoms. The Morgan fingerprint density at radius 2 is 0.923 bits per heavy atom. The molecule has 0 aliphatic heterocycles. The summed E-state index contributed by atoms with van der Waals surface area (Å²) in [4.78, 5) is 0. The molecule has 0 spiro atoms. The standard InChI is InChI=1S/C25H16.K/c1-3-11-19(12-4-1)25(20-13-5-2-6-14-20)23-17-9-7-15-21(23)22-16-8-10-18-24(22)25;/h1-11,13,15-18H;/q-2;+1.